The lowest BCUT2D eigenvalue weighted by Gasteiger charge is -2.28. The number of hydrogen-bond donors (Lipinski definition) is 1. The Morgan fingerprint density at radius 3 is 2.40 bits per heavy atom. The van der Waals surface area contributed by atoms with E-state index in [0.29, 0.717) is 5.75 Å². The first-order valence-corrected chi connectivity index (χ1v) is 6.69. The van der Waals surface area contributed by atoms with E-state index in [2.05, 4.69) is 0 Å². The van der Waals surface area contributed by atoms with Gasteiger partial charge in [0.25, 0.3) is 0 Å². The summed E-state index contributed by atoms with van der Waals surface area (Å²) in [6.45, 7) is 7.19. The highest BCUT2D eigenvalue weighted by Gasteiger charge is 2.27. The van der Waals surface area contributed by atoms with Gasteiger partial charge in [0.1, 0.15) is 29.8 Å². The molecule has 0 spiro atoms. The van der Waals surface area contributed by atoms with E-state index in [1.807, 2.05) is 13.8 Å². The molecule has 0 aromatic heterocycles. The molecule has 0 aliphatic rings. The van der Waals surface area contributed by atoms with Crippen molar-refractivity contribution in [3.63, 3.8) is 0 Å². The molecule has 3 atom stereocenters. The molecule has 5 heteroatoms. The Labute approximate surface area is 119 Å². The summed E-state index contributed by atoms with van der Waals surface area (Å²) in [5.74, 6) is -0.386. The second-order valence-corrected chi connectivity index (χ2v) is 5.21. The van der Waals surface area contributed by atoms with E-state index in [1.54, 1.807) is 26.0 Å². The molecule has 1 rings (SSSR count). The molecular weight excluding hydrogens is 261 g/mol. The van der Waals surface area contributed by atoms with Crippen molar-refractivity contribution in [2.75, 3.05) is 0 Å². The van der Waals surface area contributed by atoms with Crippen molar-refractivity contribution in [3.8, 4) is 5.75 Å². The van der Waals surface area contributed by atoms with Crippen LogP contribution in [0.5, 0.6) is 5.75 Å². The minimum Gasteiger partial charge on any atom is -0.487 e. The predicted molar refractivity (Wildman–Crippen MR) is 74.9 cm³/mol. The molecule has 1 aromatic rings. The summed E-state index contributed by atoms with van der Waals surface area (Å²) in [5, 5.41) is 0. The maximum Gasteiger partial charge on any atom is 0.323 e. The van der Waals surface area contributed by atoms with Crippen molar-refractivity contribution < 1.29 is 18.7 Å². The van der Waals surface area contributed by atoms with Gasteiger partial charge in [-0.05, 0) is 31.9 Å². The Morgan fingerprint density at radius 2 is 1.90 bits per heavy atom. The lowest BCUT2D eigenvalue weighted by atomic mass is 10.0. The SMILES string of the molecule is CC(C)[C@@H](OC(=O)[C@H](C)N)[C@H](C)Oc1cccc(F)c1. The fraction of sp³-hybridized carbons (Fsp3) is 0.533. The molecule has 0 bridgehead atoms. The Bertz CT molecular complexity index is 448. The first-order chi connectivity index (χ1) is 9.31. The van der Waals surface area contributed by atoms with E-state index in [9.17, 15) is 9.18 Å². The molecule has 0 unspecified atom stereocenters. The molecule has 0 saturated heterocycles. The van der Waals surface area contributed by atoms with Crippen LogP contribution in [0.25, 0.3) is 0 Å². The smallest absolute Gasteiger partial charge is 0.323 e. The standard InChI is InChI=1S/C15H22FNO3/c1-9(2)14(20-15(18)10(3)17)11(4)19-13-7-5-6-12(16)8-13/h5-11,14H,17H2,1-4H3/t10-,11-,14+/m0/s1. The van der Waals surface area contributed by atoms with Crippen LogP contribution in [0.2, 0.25) is 0 Å². The van der Waals surface area contributed by atoms with Crippen LogP contribution in [0.15, 0.2) is 24.3 Å². The monoisotopic (exact) mass is 283 g/mol. The van der Waals surface area contributed by atoms with Crippen LogP contribution < -0.4 is 10.5 Å². The van der Waals surface area contributed by atoms with Gasteiger partial charge in [-0.15, -0.1) is 0 Å². The summed E-state index contributed by atoms with van der Waals surface area (Å²) in [5.41, 5.74) is 5.49. The summed E-state index contributed by atoms with van der Waals surface area (Å²) >= 11 is 0. The zero-order valence-corrected chi connectivity index (χ0v) is 12.3. The van der Waals surface area contributed by atoms with E-state index in [1.165, 1.54) is 12.1 Å². The number of ether oxygens (including phenoxy) is 2. The number of carbonyl (C=O) groups excluding carboxylic acids is 1. The van der Waals surface area contributed by atoms with Crippen LogP contribution in [0, 0.1) is 11.7 Å². The highest BCUT2D eigenvalue weighted by atomic mass is 19.1. The molecule has 4 nitrogen and oxygen atoms in total. The van der Waals surface area contributed by atoms with Crippen LogP contribution in [0.4, 0.5) is 4.39 Å². The average Bonchev–Trinajstić information content (AvgIpc) is 2.34. The van der Waals surface area contributed by atoms with Crippen LogP contribution in [0.3, 0.4) is 0 Å². The number of rotatable bonds is 6. The lowest BCUT2D eigenvalue weighted by Crippen LogP contribution is -2.41. The Kier molecular flexibility index (Phi) is 5.95. The molecule has 2 N–H and O–H groups in total. The molecule has 0 amide bonds. The maximum atomic E-state index is 13.1. The van der Waals surface area contributed by atoms with Crippen molar-refractivity contribution in [1.29, 1.82) is 0 Å². The highest BCUT2D eigenvalue weighted by molar-refractivity contribution is 5.75. The fourth-order valence-electron chi connectivity index (χ4n) is 1.84. The number of nitrogens with two attached hydrogens (primary N) is 1. The minimum atomic E-state index is -0.683. The number of benzene rings is 1. The van der Waals surface area contributed by atoms with Crippen molar-refractivity contribution in [1.82, 2.24) is 0 Å². The summed E-state index contributed by atoms with van der Waals surface area (Å²) in [6.07, 6.45) is -0.851. The number of carbonyl (C=O) groups is 1. The highest BCUT2D eigenvalue weighted by Crippen LogP contribution is 2.19. The van der Waals surface area contributed by atoms with E-state index >= 15 is 0 Å². The average molecular weight is 283 g/mol. The molecular formula is C15H22FNO3. The molecule has 0 heterocycles. The largest absolute Gasteiger partial charge is 0.487 e. The van der Waals surface area contributed by atoms with E-state index in [-0.39, 0.29) is 11.7 Å². The molecule has 0 saturated carbocycles. The van der Waals surface area contributed by atoms with Crippen molar-refractivity contribution in [3.05, 3.63) is 30.1 Å². The van der Waals surface area contributed by atoms with E-state index in [4.69, 9.17) is 15.2 Å². The van der Waals surface area contributed by atoms with Crippen molar-refractivity contribution in [2.45, 2.75) is 45.9 Å². The first-order valence-electron chi connectivity index (χ1n) is 6.69. The van der Waals surface area contributed by atoms with Gasteiger partial charge in [-0.2, -0.15) is 0 Å². The van der Waals surface area contributed by atoms with Gasteiger partial charge >= 0.3 is 5.97 Å². The first kappa shape index (κ1) is 16.4. The number of halogens is 1. The Morgan fingerprint density at radius 1 is 1.25 bits per heavy atom. The van der Waals surface area contributed by atoms with Gasteiger partial charge in [-0.3, -0.25) is 4.79 Å². The van der Waals surface area contributed by atoms with Gasteiger partial charge in [0.2, 0.25) is 0 Å². The quantitative estimate of drug-likeness (QED) is 0.815. The molecule has 112 valence electrons. The molecule has 0 aliphatic heterocycles. The maximum absolute atomic E-state index is 13.1. The zero-order chi connectivity index (χ0) is 15.3. The predicted octanol–water partition coefficient (Wildman–Crippen LogP) is 2.51. The van der Waals surface area contributed by atoms with Crippen LogP contribution in [-0.4, -0.2) is 24.2 Å². The second kappa shape index (κ2) is 7.24. The summed E-state index contributed by atoms with van der Waals surface area (Å²) in [7, 11) is 0. The Balaban J connectivity index is 2.74. The third-order valence-electron chi connectivity index (χ3n) is 2.86. The molecule has 0 aliphatic carbocycles. The second-order valence-electron chi connectivity index (χ2n) is 5.21. The van der Waals surface area contributed by atoms with Gasteiger partial charge in [0.05, 0.1) is 0 Å². The summed E-state index contributed by atoms with van der Waals surface area (Å²) < 4.78 is 24.1. The third-order valence-corrected chi connectivity index (χ3v) is 2.86. The molecule has 0 radical (unpaired) electrons. The number of hydrogen-bond acceptors (Lipinski definition) is 4. The topological polar surface area (TPSA) is 61.5 Å². The van der Waals surface area contributed by atoms with Crippen molar-refractivity contribution >= 4 is 5.97 Å². The van der Waals surface area contributed by atoms with Gasteiger partial charge < -0.3 is 15.2 Å². The van der Waals surface area contributed by atoms with Gasteiger partial charge in [0.15, 0.2) is 0 Å². The van der Waals surface area contributed by atoms with Crippen molar-refractivity contribution in [2.24, 2.45) is 11.7 Å². The van der Waals surface area contributed by atoms with Gasteiger partial charge in [-0.1, -0.05) is 19.9 Å². The minimum absolute atomic E-state index is 0.0567. The third kappa shape index (κ3) is 4.81. The summed E-state index contributed by atoms with van der Waals surface area (Å²) in [4.78, 5) is 11.6. The lowest BCUT2D eigenvalue weighted by molar-refractivity contribution is -0.157. The van der Waals surface area contributed by atoms with Gasteiger partial charge in [0, 0.05) is 6.07 Å². The molecule has 0 fully saturated rings. The zero-order valence-electron chi connectivity index (χ0n) is 12.3. The van der Waals surface area contributed by atoms with Gasteiger partial charge in [-0.25, -0.2) is 4.39 Å². The summed E-state index contributed by atoms with van der Waals surface area (Å²) in [6, 6.07) is 5.17. The number of esters is 1. The van der Waals surface area contributed by atoms with Crippen LogP contribution in [0.1, 0.15) is 27.7 Å². The van der Waals surface area contributed by atoms with Crippen LogP contribution in [-0.2, 0) is 9.53 Å². The fourth-order valence-corrected chi connectivity index (χ4v) is 1.84. The molecule has 20 heavy (non-hydrogen) atoms. The molecule has 1 aromatic carbocycles. The van der Waals surface area contributed by atoms with Crippen LogP contribution >= 0.6 is 0 Å². The van der Waals surface area contributed by atoms with E-state index in [0.717, 1.165) is 0 Å². The van der Waals surface area contributed by atoms with E-state index < -0.39 is 24.2 Å². The Hall–Kier alpha value is -1.62. The normalized spacial score (nSPS) is 15.6.